The monoisotopic (exact) mass is 466 g/mol. The van der Waals surface area contributed by atoms with Gasteiger partial charge in [0.2, 0.25) is 11.8 Å². The van der Waals surface area contributed by atoms with Gasteiger partial charge in [-0.3, -0.25) is 14.4 Å². The summed E-state index contributed by atoms with van der Waals surface area (Å²) in [5.74, 6) is 0.184. The van der Waals surface area contributed by atoms with Gasteiger partial charge in [0.1, 0.15) is 12.3 Å². The third kappa shape index (κ3) is 10.9. The summed E-state index contributed by atoms with van der Waals surface area (Å²) in [6.07, 6.45) is 6.23. The van der Waals surface area contributed by atoms with Crippen molar-refractivity contribution in [3.63, 3.8) is 0 Å². The van der Waals surface area contributed by atoms with Gasteiger partial charge >= 0.3 is 0 Å². The van der Waals surface area contributed by atoms with Crippen LogP contribution >= 0.6 is 23.5 Å². The molecule has 0 aliphatic heterocycles. The summed E-state index contributed by atoms with van der Waals surface area (Å²) in [4.78, 5) is 48.9. The third-order valence-corrected chi connectivity index (χ3v) is 6.18. The van der Waals surface area contributed by atoms with Crippen molar-refractivity contribution < 1.29 is 19.2 Å². The van der Waals surface area contributed by atoms with Gasteiger partial charge in [-0.05, 0) is 55.8 Å². The molecule has 0 aliphatic rings. The van der Waals surface area contributed by atoms with Crippen molar-refractivity contribution in [1.29, 1.82) is 0 Å². The minimum absolute atomic E-state index is 0.0757. The van der Waals surface area contributed by atoms with Crippen LogP contribution in [-0.4, -0.2) is 60.0 Å². The number of hydrogen-bond acceptors (Lipinski definition) is 6. The van der Waals surface area contributed by atoms with E-state index in [9.17, 15) is 19.2 Å². The molecule has 0 heterocycles. The zero-order valence-electron chi connectivity index (χ0n) is 18.8. The fourth-order valence-electron chi connectivity index (χ4n) is 3.17. The number of Topliss-reactive ketones (excluding diaryl/α,β-unsaturated/α-hetero) is 1. The molecule has 8 heteroatoms. The highest BCUT2D eigenvalue weighted by atomic mass is 32.2. The van der Waals surface area contributed by atoms with Crippen molar-refractivity contribution >= 4 is 47.4 Å². The Labute approximate surface area is 194 Å². The van der Waals surface area contributed by atoms with Crippen molar-refractivity contribution in [2.45, 2.75) is 51.6 Å². The summed E-state index contributed by atoms with van der Waals surface area (Å²) in [5, 5.41) is 5.49. The quantitative estimate of drug-likeness (QED) is 0.386. The van der Waals surface area contributed by atoms with Gasteiger partial charge in [0.25, 0.3) is 0 Å². The van der Waals surface area contributed by atoms with E-state index in [1.165, 1.54) is 6.92 Å². The van der Waals surface area contributed by atoms with Crippen LogP contribution in [0.2, 0.25) is 0 Å². The minimum atomic E-state index is -0.677. The topological polar surface area (TPSA) is 92.3 Å². The molecule has 0 unspecified atom stereocenters. The van der Waals surface area contributed by atoms with Crippen LogP contribution in [0.5, 0.6) is 0 Å². The van der Waals surface area contributed by atoms with Crippen LogP contribution in [-0.2, 0) is 25.6 Å². The lowest BCUT2D eigenvalue weighted by atomic mass is 9.92. The average Bonchev–Trinajstić information content (AvgIpc) is 2.74. The molecule has 2 amide bonds. The van der Waals surface area contributed by atoms with Crippen LogP contribution in [0.1, 0.15) is 37.3 Å². The number of carbonyl (C=O) groups is 4. The predicted octanol–water partition coefficient (Wildman–Crippen LogP) is 2.81. The summed E-state index contributed by atoms with van der Waals surface area (Å²) in [6.45, 7) is 3.37. The predicted molar refractivity (Wildman–Crippen MR) is 130 cm³/mol. The lowest BCUT2D eigenvalue weighted by Gasteiger charge is -2.23. The first kappa shape index (κ1) is 27.2. The first-order valence-corrected chi connectivity index (χ1v) is 13.2. The molecule has 31 heavy (non-hydrogen) atoms. The van der Waals surface area contributed by atoms with Crippen molar-refractivity contribution in [3.05, 3.63) is 35.4 Å². The summed E-state index contributed by atoms with van der Waals surface area (Å²) >= 11 is 3.18. The number of nitrogens with one attached hydrogen (secondary N) is 2. The highest BCUT2D eigenvalue weighted by Gasteiger charge is 2.27. The molecule has 0 saturated carbocycles. The molecular formula is C23H34N2O4S2. The van der Waals surface area contributed by atoms with Crippen molar-refractivity contribution in [2.75, 3.05) is 24.0 Å². The second kappa shape index (κ2) is 15.1. The van der Waals surface area contributed by atoms with Crippen molar-refractivity contribution in [3.8, 4) is 0 Å². The first-order chi connectivity index (χ1) is 14.8. The number of hydrogen-bond donors (Lipinski definition) is 2. The molecule has 2 N–H and O–H groups in total. The Morgan fingerprint density at radius 3 is 2.06 bits per heavy atom. The molecule has 6 nitrogen and oxygen atoms in total. The standard InChI is InChI=1S/C23H34N2O4S2/c1-16-5-7-18(8-6-16)13-19(15-26)14-22(28)20(9-11-30-3)25-23(29)21(10-12-31-4)24-17(2)27/h5-8,15,19-21H,9-14H2,1-4H3,(H,24,27)(H,25,29)/t19-,20+,21+/m1/s1. The number of benzene rings is 1. The van der Waals surface area contributed by atoms with Gasteiger partial charge in [0, 0.05) is 19.3 Å². The molecule has 1 aromatic carbocycles. The molecule has 1 rings (SSSR count). The van der Waals surface area contributed by atoms with E-state index in [-0.39, 0.29) is 24.0 Å². The smallest absolute Gasteiger partial charge is 0.243 e. The van der Waals surface area contributed by atoms with Gasteiger partial charge in [-0.25, -0.2) is 0 Å². The van der Waals surface area contributed by atoms with Crippen LogP contribution in [0.4, 0.5) is 0 Å². The van der Waals surface area contributed by atoms with E-state index in [0.29, 0.717) is 30.8 Å². The van der Waals surface area contributed by atoms with Gasteiger partial charge in [-0.1, -0.05) is 29.8 Å². The lowest BCUT2D eigenvalue weighted by Crippen LogP contribution is -2.51. The largest absolute Gasteiger partial charge is 0.345 e. The summed E-state index contributed by atoms with van der Waals surface area (Å²) < 4.78 is 0. The molecule has 0 aromatic heterocycles. The zero-order chi connectivity index (χ0) is 23.2. The molecule has 0 spiro atoms. The van der Waals surface area contributed by atoms with E-state index in [1.54, 1.807) is 23.5 Å². The van der Waals surface area contributed by atoms with E-state index in [2.05, 4.69) is 10.6 Å². The van der Waals surface area contributed by atoms with E-state index < -0.39 is 18.0 Å². The number of thioether (sulfide) groups is 2. The molecule has 1 aromatic rings. The second-order valence-corrected chi connectivity index (χ2v) is 9.60. The Hall–Kier alpha value is -1.80. The Morgan fingerprint density at radius 1 is 0.968 bits per heavy atom. The number of carbonyl (C=O) groups excluding carboxylic acids is 4. The van der Waals surface area contributed by atoms with E-state index >= 15 is 0 Å². The highest BCUT2D eigenvalue weighted by Crippen LogP contribution is 2.15. The maximum Gasteiger partial charge on any atom is 0.243 e. The summed E-state index contributed by atoms with van der Waals surface area (Å²) in [5.41, 5.74) is 2.14. The number of rotatable bonds is 15. The Balaban J connectivity index is 2.83. The number of aldehydes is 1. The molecule has 0 fully saturated rings. The number of aryl methyl sites for hydroxylation is 1. The van der Waals surface area contributed by atoms with Crippen LogP contribution in [0.15, 0.2) is 24.3 Å². The third-order valence-electron chi connectivity index (χ3n) is 4.89. The van der Waals surface area contributed by atoms with Gasteiger partial charge in [0.15, 0.2) is 5.78 Å². The fraction of sp³-hybridized carbons (Fsp3) is 0.565. The normalized spacial score (nSPS) is 13.7. The summed E-state index contributed by atoms with van der Waals surface area (Å²) in [7, 11) is 0. The van der Waals surface area contributed by atoms with E-state index in [0.717, 1.165) is 17.4 Å². The van der Waals surface area contributed by atoms with Gasteiger partial charge in [-0.2, -0.15) is 23.5 Å². The van der Waals surface area contributed by atoms with E-state index in [4.69, 9.17) is 0 Å². The molecule has 0 radical (unpaired) electrons. The Bertz CT molecular complexity index is 725. The molecule has 0 saturated heterocycles. The number of amides is 2. The van der Waals surface area contributed by atoms with Crippen molar-refractivity contribution in [1.82, 2.24) is 10.6 Å². The first-order valence-electron chi connectivity index (χ1n) is 10.4. The SMILES string of the molecule is CSCC[C@H](NC(=O)[C@H](CCSC)NC(C)=O)C(=O)C[C@H](C=O)Cc1ccc(C)cc1. The molecule has 3 atom stereocenters. The summed E-state index contributed by atoms with van der Waals surface area (Å²) in [6, 6.07) is 6.55. The maximum absolute atomic E-state index is 13.0. The molecule has 0 aliphatic carbocycles. The molecule has 0 bridgehead atoms. The maximum atomic E-state index is 13.0. The van der Waals surface area contributed by atoms with E-state index in [1.807, 2.05) is 43.7 Å². The van der Waals surface area contributed by atoms with Gasteiger partial charge in [0.05, 0.1) is 6.04 Å². The second-order valence-electron chi connectivity index (χ2n) is 7.63. The minimum Gasteiger partial charge on any atom is -0.345 e. The molecule has 172 valence electrons. The number of ketones is 1. The Kier molecular flexibility index (Phi) is 13.2. The van der Waals surface area contributed by atoms with Crippen LogP contribution in [0.25, 0.3) is 0 Å². The van der Waals surface area contributed by atoms with Gasteiger partial charge in [-0.15, -0.1) is 0 Å². The fourth-order valence-corrected chi connectivity index (χ4v) is 4.11. The average molecular weight is 467 g/mol. The van der Waals surface area contributed by atoms with Gasteiger partial charge < -0.3 is 15.4 Å². The highest BCUT2D eigenvalue weighted by molar-refractivity contribution is 7.98. The van der Waals surface area contributed by atoms with Crippen LogP contribution < -0.4 is 10.6 Å². The zero-order valence-corrected chi connectivity index (χ0v) is 20.4. The lowest BCUT2D eigenvalue weighted by molar-refractivity contribution is -0.131. The van der Waals surface area contributed by atoms with Crippen molar-refractivity contribution in [2.24, 2.45) is 5.92 Å². The van der Waals surface area contributed by atoms with Crippen LogP contribution in [0, 0.1) is 12.8 Å². The van der Waals surface area contributed by atoms with Crippen LogP contribution in [0.3, 0.4) is 0 Å². The Morgan fingerprint density at radius 2 is 1.55 bits per heavy atom. The molecular weight excluding hydrogens is 432 g/mol.